The number of hydrogen-bond donors (Lipinski definition) is 12. The summed E-state index contributed by atoms with van der Waals surface area (Å²) in [6, 6.07) is 0. The monoisotopic (exact) mass is 408 g/mol. The summed E-state index contributed by atoms with van der Waals surface area (Å²) in [5.74, 6) is 0. The lowest BCUT2D eigenvalue weighted by molar-refractivity contribution is -0.0160. The normalized spacial score (nSPS) is 15.4. The van der Waals surface area contributed by atoms with Crippen molar-refractivity contribution < 1.29 is 74.0 Å². The van der Waals surface area contributed by atoms with Gasteiger partial charge in [0, 0.05) is 0 Å². The van der Waals surface area contributed by atoms with E-state index in [1.54, 1.807) is 0 Å². The summed E-state index contributed by atoms with van der Waals surface area (Å²) >= 11 is 0. The van der Waals surface area contributed by atoms with E-state index < -0.39 is 45.2 Å². The van der Waals surface area contributed by atoms with Crippen LogP contribution in [0.4, 0.5) is 0 Å². The molecule has 0 aromatic rings. The minimum absolute atomic E-state index is 3.42. The molecule has 0 fully saturated rings. The smallest absolute Gasteiger partial charge is 0.368 e. The second-order valence-electron chi connectivity index (χ2n) is 3.20. The molecule has 21 heteroatoms. The predicted molar refractivity (Wildman–Crippen MR) is 59.7 cm³/mol. The molecule has 0 atom stereocenters. The van der Waals surface area contributed by atoms with Gasteiger partial charge in [-0.2, -0.15) is 0 Å². The third-order valence-electron chi connectivity index (χ3n) is 1.07. The zero-order valence-corrected chi connectivity index (χ0v) is 14.5. The molecule has 0 spiro atoms. The van der Waals surface area contributed by atoms with E-state index in [4.69, 9.17) is 57.5 Å². The lowest BCUT2D eigenvalue weighted by atomic mass is 15.6. The van der Waals surface area contributed by atoms with E-state index in [0.717, 1.165) is 0 Å². The molecular weight excluding hydrogens is 396 g/mol. The summed E-state index contributed by atoms with van der Waals surface area (Å²) in [4.78, 5) is 104. The van der Waals surface area contributed by atoms with Gasteiger partial charge in [0.05, 0.1) is 0 Å². The first-order valence-corrected chi connectivity index (χ1v) is 12.9. The first kappa shape index (κ1) is 21.4. The Kier molecular flexibility index (Phi) is 6.65. The van der Waals surface area contributed by atoms with Crippen LogP contribution in [0.2, 0.25) is 0 Å². The fourth-order valence-electron chi connectivity index (χ4n) is 0.766. The van der Waals surface area contributed by atoms with E-state index >= 15 is 0 Å². The Bertz CT molecular complexity index is 300. The van der Waals surface area contributed by atoms with Crippen molar-refractivity contribution in [2.45, 2.75) is 0 Å². The van der Waals surface area contributed by atoms with Crippen molar-refractivity contribution in [1.82, 2.24) is 0 Å². The highest BCUT2D eigenvalue weighted by Gasteiger charge is 2.62. The van der Waals surface area contributed by atoms with Crippen LogP contribution < -0.4 is 0 Å². The molecule has 0 radical (unpaired) electrons. The molecule has 0 rings (SSSR count). The summed E-state index contributed by atoms with van der Waals surface area (Å²) in [5.41, 5.74) is 0. The fourth-order valence-corrected chi connectivity index (χ4v) is 8.02. The summed E-state index contributed by atoms with van der Waals surface area (Å²) in [5, 5.41) is 0. The van der Waals surface area contributed by atoms with Crippen molar-refractivity contribution in [2.75, 3.05) is 0 Å². The number of rotatable bonds is 8. The van der Waals surface area contributed by atoms with Gasteiger partial charge in [-0.3, -0.25) is 0 Å². The van der Waals surface area contributed by atoms with E-state index in [0.29, 0.717) is 0 Å². The molecule has 0 unspecified atom stereocenters. The van der Waals surface area contributed by atoms with E-state index in [2.05, 4.69) is 16.5 Å². The second-order valence-corrected chi connectivity index (χ2v) is 12.1. The Labute approximate surface area is 120 Å². The largest absolute Gasteiger partial charge is 0.665 e. The molecule has 0 heterocycles. The average molecular weight is 409 g/mol. The van der Waals surface area contributed by atoms with Crippen LogP contribution in [0.3, 0.4) is 0 Å². The summed E-state index contributed by atoms with van der Waals surface area (Å²) < 4.78 is 14.0. The van der Waals surface area contributed by atoms with Gasteiger partial charge in [-0.25, -0.2) is 0 Å². The van der Waals surface area contributed by atoms with Crippen molar-refractivity contribution in [1.29, 1.82) is 0 Å². The molecule has 16 nitrogen and oxygen atoms in total. The molecule has 12 N–H and O–H groups in total. The van der Waals surface area contributed by atoms with Crippen LogP contribution in [0.25, 0.3) is 0 Å². The maximum Gasteiger partial charge on any atom is 0.665 e. The highest BCUT2D eigenvalue weighted by atomic mass is 28.5. The van der Waals surface area contributed by atoms with Gasteiger partial charge in [0.1, 0.15) is 0 Å². The van der Waals surface area contributed by atoms with Crippen LogP contribution in [-0.4, -0.2) is 103 Å². The standard InChI is InChI=1S/H12O16Si5/c1-17(2,3)13-19(7,8)15-21(11,12)16-20(9,10)14-18(4,5)6/h1-12H. The van der Waals surface area contributed by atoms with Crippen LogP contribution in [0.5, 0.6) is 0 Å². The lowest BCUT2D eigenvalue weighted by Crippen LogP contribution is -2.66. The quantitative estimate of drug-likeness (QED) is 0.166. The number of hydrogen-bond acceptors (Lipinski definition) is 16. The molecule has 0 saturated heterocycles. The van der Waals surface area contributed by atoms with Crippen molar-refractivity contribution in [3.05, 3.63) is 0 Å². The van der Waals surface area contributed by atoms with E-state index in [-0.39, 0.29) is 0 Å². The van der Waals surface area contributed by atoms with Crippen LogP contribution in [0.15, 0.2) is 0 Å². The van der Waals surface area contributed by atoms with E-state index in [9.17, 15) is 0 Å². The minimum atomic E-state index is -5.92. The van der Waals surface area contributed by atoms with Crippen molar-refractivity contribution >= 4 is 45.2 Å². The molecule has 0 amide bonds. The Morgan fingerprint density at radius 3 is 0.714 bits per heavy atom. The van der Waals surface area contributed by atoms with E-state index in [1.165, 1.54) is 0 Å². The summed E-state index contributed by atoms with van der Waals surface area (Å²) in [7, 11) is -28.7. The van der Waals surface area contributed by atoms with Crippen molar-refractivity contribution in [3.8, 4) is 0 Å². The zero-order chi connectivity index (χ0) is 17.3. The SMILES string of the molecule is O[Si](O)(O)O[Si](O)(O)O[Si](O)(O)O[Si](O)(O)O[Si](O)(O)O. The molecule has 0 aliphatic rings. The Balaban J connectivity index is 4.83. The van der Waals surface area contributed by atoms with E-state index in [1.807, 2.05) is 0 Å². The van der Waals surface area contributed by atoms with Gasteiger partial charge < -0.3 is 74.0 Å². The van der Waals surface area contributed by atoms with Gasteiger partial charge in [0.2, 0.25) is 0 Å². The molecule has 0 bridgehead atoms. The topological polar surface area (TPSA) is 280 Å². The van der Waals surface area contributed by atoms with Gasteiger partial charge >= 0.3 is 45.2 Å². The average Bonchev–Trinajstić information content (AvgIpc) is 1.83. The van der Waals surface area contributed by atoms with Crippen LogP contribution in [0, 0.1) is 0 Å². The second kappa shape index (κ2) is 6.52. The van der Waals surface area contributed by atoms with Crippen LogP contribution in [0.1, 0.15) is 0 Å². The Hall–Kier alpha value is 0.444. The Morgan fingerprint density at radius 2 is 0.524 bits per heavy atom. The van der Waals surface area contributed by atoms with Crippen LogP contribution in [-0.2, 0) is 16.5 Å². The molecule has 0 aliphatic heterocycles. The molecule has 0 aromatic carbocycles. The van der Waals surface area contributed by atoms with Gasteiger partial charge in [0.25, 0.3) is 0 Å². The highest BCUT2D eigenvalue weighted by molar-refractivity contribution is 6.76. The van der Waals surface area contributed by atoms with Crippen molar-refractivity contribution in [3.63, 3.8) is 0 Å². The fraction of sp³-hybridized carbons (Fsp3) is 0. The third kappa shape index (κ3) is 11.6. The van der Waals surface area contributed by atoms with Gasteiger partial charge in [-0.05, 0) is 0 Å². The van der Waals surface area contributed by atoms with Gasteiger partial charge in [-0.1, -0.05) is 0 Å². The molecular formula is H12O16Si5. The molecule has 0 aliphatic carbocycles. The van der Waals surface area contributed by atoms with Crippen LogP contribution >= 0.6 is 0 Å². The molecule has 0 saturated carbocycles. The maximum absolute atomic E-state index is 9.04. The lowest BCUT2D eigenvalue weighted by Gasteiger charge is -2.28. The summed E-state index contributed by atoms with van der Waals surface area (Å²) in [6.07, 6.45) is 0. The zero-order valence-electron chi connectivity index (χ0n) is 9.50. The van der Waals surface area contributed by atoms with Gasteiger partial charge in [0.15, 0.2) is 0 Å². The highest BCUT2D eigenvalue weighted by Crippen LogP contribution is 2.15. The maximum atomic E-state index is 9.04. The molecule has 0 aromatic heterocycles. The minimum Gasteiger partial charge on any atom is -0.368 e. The Morgan fingerprint density at radius 1 is 0.333 bits per heavy atom. The first-order valence-electron chi connectivity index (χ1n) is 4.32. The van der Waals surface area contributed by atoms with Crippen molar-refractivity contribution in [2.24, 2.45) is 0 Å². The van der Waals surface area contributed by atoms with Gasteiger partial charge in [-0.15, -0.1) is 0 Å². The summed E-state index contributed by atoms with van der Waals surface area (Å²) in [6.45, 7) is 0. The third-order valence-corrected chi connectivity index (χ3v) is 9.64. The molecule has 21 heavy (non-hydrogen) atoms. The molecule has 128 valence electrons. The predicted octanol–water partition coefficient (Wildman–Crippen LogP) is -8.86. The first-order chi connectivity index (χ1) is 8.83.